The lowest BCUT2D eigenvalue weighted by atomic mass is 10.1. The molecule has 0 atom stereocenters. The summed E-state index contributed by atoms with van der Waals surface area (Å²) < 4.78 is 0. The Morgan fingerprint density at radius 1 is 1.24 bits per heavy atom. The van der Waals surface area contributed by atoms with Crippen molar-refractivity contribution in [3.8, 4) is 5.88 Å². The van der Waals surface area contributed by atoms with E-state index in [1.807, 2.05) is 6.07 Å². The Hall–Kier alpha value is -2.60. The van der Waals surface area contributed by atoms with Crippen LogP contribution in [0.3, 0.4) is 0 Å². The van der Waals surface area contributed by atoms with Crippen molar-refractivity contribution < 1.29 is 15.0 Å². The maximum atomic E-state index is 12.0. The Bertz CT molecular complexity index is 694. The third-order valence-electron chi connectivity index (χ3n) is 2.90. The molecule has 0 aliphatic heterocycles. The molecule has 0 aliphatic rings. The molecule has 0 radical (unpaired) electrons. The predicted molar refractivity (Wildman–Crippen MR) is 78.5 cm³/mol. The van der Waals surface area contributed by atoms with Gasteiger partial charge >= 0.3 is 0 Å². The second-order valence-corrected chi connectivity index (χ2v) is 4.60. The number of H-pyrrole nitrogens is 1. The van der Waals surface area contributed by atoms with Gasteiger partial charge in [-0.3, -0.25) is 14.6 Å². The highest BCUT2D eigenvalue weighted by molar-refractivity contribution is 6.04. The fraction of sp³-hybridized carbons (Fsp3) is 0.200. The first-order chi connectivity index (χ1) is 10.1. The van der Waals surface area contributed by atoms with Crippen LogP contribution in [-0.2, 0) is 6.42 Å². The summed E-state index contributed by atoms with van der Waals surface area (Å²) in [7, 11) is 0. The highest BCUT2D eigenvalue weighted by atomic mass is 16.3. The highest BCUT2D eigenvalue weighted by Gasteiger charge is 2.09. The second kappa shape index (κ2) is 6.71. The van der Waals surface area contributed by atoms with E-state index in [4.69, 9.17) is 5.11 Å². The number of aryl methyl sites for hydroxylation is 1. The number of aliphatic hydroxyl groups is 1. The van der Waals surface area contributed by atoms with E-state index in [2.05, 4.69) is 10.3 Å². The summed E-state index contributed by atoms with van der Waals surface area (Å²) in [5.74, 6) is -0.833. The summed E-state index contributed by atoms with van der Waals surface area (Å²) in [4.78, 5) is 25.4. The molecule has 110 valence electrons. The standard InChI is InChI=1S/C15H16N2O4/c18-6-2-4-10-3-1-5-12(7-10)16-15(21)11-8-13(19)17-14(20)9-11/h1,3,5,7-9,18H,2,4,6H2,(H,16,21)(H2,17,19,20). The van der Waals surface area contributed by atoms with Gasteiger partial charge in [0.15, 0.2) is 5.88 Å². The van der Waals surface area contributed by atoms with Crippen molar-refractivity contribution in [1.29, 1.82) is 0 Å². The Morgan fingerprint density at radius 2 is 2.05 bits per heavy atom. The molecule has 1 heterocycles. The molecule has 0 bridgehead atoms. The van der Waals surface area contributed by atoms with Crippen LogP contribution in [0.4, 0.5) is 5.69 Å². The molecule has 0 aliphatic carbocycles. The number of hydrogen-bond acceptors (Lipinski definition) is 4. The number of aliphatic hydroxyl groups excluding tert-OH is 1. The summed E-state index contributed by atoms with van der Waals surface area (Å²) in [6.07, 6.45) is 1.37. The van der Waals surface area contributed by atoms with E-state index in [-0.39, 0.29) is 18.1 Å². The number of aromatic hydroxyl groups is 1. The van der Waals surface area contributed by atoms with Gasteiger partial charge in [0.2, 0.25) is 0 Å². The van der Waals surface area contributed by atoms with Gasteiger partial charge in [-0.2, -0.15) is 0 Å². The van der Waals surface area contributed by atoms with Gasteiger partial charge < -0.3 is 15.5 Å². The van der Waals surface area contributed by atoms with Gasteiger partial charge in [-0.15, -0.1) is 0 Å². The van der Waals surface area contributed by atoms with Crippen LogP contribution in [0.5, 0.6) is 5.88 Å². The summed E-state index contributed by atoms with van der Waals surface area (Å²) in [6.45, 7) is 0.114. The van der Waals surface area contributed by atoms with Gasteiger partial charge in [0, 0.05) is 24.4 Å². The minimum absolute atomic E-state index is 0.0806. The van der Waals surface area contributed by atoms with E-state index in [0.717, 1.165) is 11.6 Å². The van der Waals surface area contributed by atoms with Crippen LogP contribution in [0.1, 0.15) is 22.3 Å². The first-order valence-electron chi connectivity index (χ1n) is 6.53. The Balaban J connectivity index is 2.13. The van der Waals surface area contributed by atoms with Crippen LogP contribution >= 0.6 is 0 Å². The van der Waals surface area contributed by atoms with Gasteiger partial charge in [-0.1, -0.05) is 12.1 Å². The average Bonchev–Trinajstić information content (AvgIpc) is 2.44. The number of benzene rings is 1. The number of amides is 1. The summed E-state index contributed by atoms with van der Waals surface area (Å²) >= 11 is 0. The topological polar surface area (TPSA) is 102 Å². The molecule has 2 aromatic rings. The quantitative estimate of drug-likeness (QED) is 0.665. The molecule has 0 spiro atoms. The smallest absolute Gasteiger partial charge is 0.256 e. The van der Waals surface area contributed by atoms with Crippen molar-refractivity contribution in [2.45, 2.75) is 12.8 Å². The molecule has 21 heavy (non-hydrogen) atoms. The zero-order valence-corrected chi connectivity index (χ0v) is 11.3. The summed E-state index contributed by atoms with van der Waals surface area (Å²) in [5.41, 5.74) is 1.12. The second-order valence-electron chi connectivity index (χ2n) is 4.60. The third-order valence-corrected chi connectivity index (χ3v) is 2.90. The van der Waals surface area contributed by atoms with Crippen LogP contribution in [0.2, 0.25) is 0 Å². The molecule has 1 amide bonds. The fourth-order valence-electron chi connectivity index (χ4n) is 1.95. The molecule has 0 saturated heterocycles. The average molecular weight is 288 g/mol. The van der Waals surface area contributed by atoms with Crippen molar-refractivity contribution in [2.24, 2.45) is 0 Å². The molecule has 6 heteroatoms. The zero-order chi connectivity index (χ0) is 15.2. The summed E-state index contributed by atoms with van der Waals surface area (Å²) in [5, 5.41) is 20.8. The van der Waals surface area contributed by atoms with Gasteiger partial charge in [-0.05, 0) is 30.5 Å². The van der Waals surface area contributed by atoms with Crippen LogP contribution in [0, 0.1) is 0 Å². The predicted octanol–water partition coefficient (Wildman–Crippen LogP) is 1.26. The molecular weight excluding hydrogens is 272 g/mol. The minimum atomic E-state index is -0.545. The monoisotopic (exact) mass is 288 g/mol. The third kappa shape index (κ3) is 4.19. The van der Waals surface area contributed by atoms with E-state index < -0.39 is 11.5 Å². The van der Waals surface area contributed by atoms with Crippen molar-refractivity contribution >= 4 is 11.6 Å². The van der Waals surface area contributed by atoms with E-state index in [0.29, 0.717) is 18.5 Å². The van der Waals surface area contributed by atoms with Crippen LogP contribution in [0.25, 0.3) is 0 Å². The molecule has 0 fully saturated rings. The molecule has 0 unspecified atom stereocenters. The van der Waals surface area contributed by atoms with Crippen LogP contribution in [-0.4, -0.2) is 27.7 Å². The number of aromatic nitrogens is 1. The lowest BCUT2D eigenvalue weighted by molar-refractivity contribution is 0.102. The Labute approximate surface area is 121 Å². The van der Waals surface area contributed by atoms with Crippen molar-refractivity contribution in [3.63, 3.8) is 0 Å². The number of pyridine rings is 1. The fourth-order valence-corrected chi connectivity index (χ4v) is 1.95. The number of carbonyl (C=O) groups excluding carboxylic acids is 1. The van der Waals surface area contributed by atoms with Gasteiger partial charge in [-0.25, -0.2) is 0 Å². The van der Waals surface area contributed by atoms with Crippen LogP contribution < -0.4 is 10.9 Å². The SMILES string of the molecule is O=C(Nc1cccc(CCCO)c1)c1cc(O)[nH]c(=O)c1. The molecule has 0 saturated carbocycles. The Morgan fingerprint density at radius 3 is 2.76 bits per heavy atom. The summed E-state index contributed by atoms with van der Waals surface area (Å²) in [6, 6.07) is 9.55. The lowest BCUT2D eigenvalue weighted by Crippen LogP contribution is -2.15. The van der Waals surface area contributed by atoms with Crippen molar-refractivity contribution in [3.05, 3.63) is 57.9 Å². The van der Waals surface area contributed by atoms with E-state index in [1.165, 1.54) is 6.07 Å². The lowest BCUT2D eigenvalue weighted by Gasteiger charge is -2.07. The first-order valence-corrected chi connectivity index (χ1v) is 6.53. The molecule has 1 aromatic heterocycles. The van der Waals surface area contributed by atoms with Gasteiger partial charge in [0.1, 0.15) is 0 Å². The largest absolute Gasteiger partial charge is 0.494 e. The van der Waals surface area contributed by atoms with Crippen molar-refractivity contribution in [2.75, 3.05) is 11.9 Å². The molecular formula is C15H16N2O4. The van der Waals surface area contributed by atoms with E-state index >= 15 is 0 Å². The first kappa shape index (κ1) is 14.8. The molecule has 6 nitrogen and oxygen atoms in total. The van der Waals surface area contributed by atoms with Crippen molar-refractivity contribution in [1.82, 2.24) is 4.98 Å². The number of nitrogens with one attached hydrogen (secondary N) is 2. The van der Waals surface area contributed by atoms with Gasteiger partial charge in [0.25, 0.3) is 11.5 Å². The zero-order valence-electron chi connectivity index (χ0n) is 11.3. The molecule has 1 aromatic carbocycles. The van der Waals surface area contributed by atoms with Gasteiger partial charge in [0.05, 0.1) is 5.56 Å². The van der Waals surface area contributed by atoms with E-state index in [9.17, 15) is 14.7 Å². The number of rotatable bonds is 5. The maximum absolute atomic E-state index is 12.0. The van der Waals surface area contributed by atoms with Crippen LogP contribution in [0.15, 0.2) is 41.2 Å². The maximum Gasteiger partial charge on any atom is 0.256 e. The number of carbonyl (C=O) groups is 1. The Kier molecular flexibility index (Phi) is 4.73. The highest BCUT2D eigenvalue weighted by Crippen LogP contribution is 2.14. The number of aromatic amines is 1. The number of hydrogen-bond donors (Lipinski definition) is 4. The minimum Gasteiger partial charge on any atom is -0.494 e. The molecule has 2 rings (SSSR count). The molecule has 4 N–H and O–H groups in total. The van der Waals surface area contributed by atoms with E-state index in [1.54, 1.807) is 18.2 Å². The normalized spacial score (nSPS) is 10.3. The number of anilines is 1.